The number of rotatable bonds is 4. The molecule has 0 spiro atoms. The van der Waals surface area contributed by atoms with Crippen molar-refractivity contribution in [2.75, 3.05) is 13.1 Å². The van der Waals surface area contributed by atoms with Gasteiger partial charge >= 0.3 is 10.2 Å². The van der Waals surface area contributed by atoms with Crippen molar-refractivity contribution in [3.63, 3.8) is 0 Å². The molecule has 1 saturated heterocycles. The molecule has 5 nitrogen and oxygen atoms in total. The minimum Gasteiger partial charge on any atom is -0.274 e. The SMILES string of the molecule is CC(C)=CC1C(C(=O)NS(=O)(=O)N2CCCCC2)C1(C)C. The van der Waals surface area contributed by atoms with Crippen molar-refractivity contribution in [2.45, 2.75) is 47.0 Å². The topological polar surface area (TPSA) is 66.5 Å². The molecule has 1 aliphatic heterocycles. The third kappa shape index (κ3) is 3.48. The highest BCUT2D eigenvalue weighted by molar-refractivity contribution is 7.87. The molecule has 0 bridgehead atoms. The lowest BCUT2D eigenvalue weighted by atomic mass is 10.1. The van der Waals surface area contributed by atoms with Gasteiger partial charge in [0.1, 0.15) is 0 Å². The maximum absolute atomic E-state index is 12.3. The minimum absolute atomic E-state index is 0.124. The first-order valence-electron chi connectivity index (χ1n) is 7.63. The summed E-state index contributed by atoms with van der Waals surface area (Å²) in [5.74, 6) is -0.501. The van der Waals surface area contributed by atoms with Crippen molar-refractivity contribution in [3.05, 3.63) is 11.6 Å². The zero-order chi connectivity index (χ0) is 15.8. The number of hydrogen-bond acceptors (Lipinski definition) is 3. The van der Waals surface area contributed by atoms with E-state index < -0.39 is 10.2 Å². The van der Waals surface area contributed by atoms with Crippen molar-refractivity contribution in [1.29, 1.82) is 0 Å². The highest BCUT2D eigenvalue weighted by Gasteiger charge is 2.60. The minimum atomic E-state index is -3.68. The summed E-state index contributed by atoms with van der Waals surface area (Å²) in [6.45, 7) is 9.02. The summed E-state index contributed by atoms with van der Waals surface area (Å²) in [5, 5.41) is 0. The molecule has 0 aromatic rings. The summed E-state index contributed by atoms with van der Waals surface area (Å²) in [4.78, 5) is 12.3. The zero-order valence-corrected chi connectivity index (χ0v) is 14.2. The van der Waals surface area contributed by atoms with E-state index in [9.17, 15) is 13.2 Å². The third-order valence-electron chi connectivity index (χ3n) is 4.59. The number of carbonyl (C=O) groups is 1. The standard InChI is InChI=1S/C15H26N2O3S/c1-11(2)10-12-13(15(12,3)4)14(18)16-21(19,20)17-8-6-5-7-9-17/h10,12-13H,5-9H2,1-4H3,(H,16,18). The van der Waals surface area contributed by atoms with E-state index in [1.807, 2.05) is 27.7 Å². The summed E-state index contributed by atoms with van der Waals surface area (Å²) in [5.41, 5.74) is 0.987. The van der Waals surface area contributed by atoms with Gasteiger partial charge in [0, 0.05) is 13.1 Å². The van der Waals surface area contributed by atoms with E-state index in [1.54, 1.807) is 0 Å². The normalized spacial score (nSPS) is 28.8. The van der Waals surface area contributed by atoms with Crippen molar-refractivity contribution in [3.8, 4) is 0 Å². The number of hydrogen-bond donors (Lipinski definition) is 1. The van der Waals surface area contributed by atoms with Crippen LogP contribution in [0.3, 0.4) is 0 Å². The van der Waals surface area contributed by atoms with Crippen LogP contribution in [0.25, 0.3) is 0 Å². The van der Waals surface area contributed by atoms with Gasteiger partial charge in [0.05, 0.1) is 5.92 Å². The van der Waals surface area contributed by atoms with Gasteiger partial charge in [-0.15, -0.1) is 0 Å². The molecule has 2 aliphatic rings. The summed E-state index contributed by atoms with van der Waals surface area (Å²) >= 11 is 0. The van der Waals surface area contributed by atoms with Crippen molar-refractivity contribution < 1.29 is 13.2 Å². The predicted molar refractivity (Wildman–Crippen MR) is 82.7 cm³/mol. The van der Waals surface area contributed by atoms with Crippen LogP contribution in [0, 0.1) is 17.3 Å². The average Bonchev–Trinajstić information content (AvgIpc) is 2.90. The van der Waals surface area contributed by atoms with E-state index in [-0.39, 0.29) is 23.2 Å². The second-order valence-electron chi connectivity index (χ2n) is 7.00. The van der Waals surface area contributed by atoms with Gasteiger partial charge in [-0.1, -0.05) is 31.9 Å². The first kappa shape index (κ1) is 16.5. The Morgan fingerprint density at radius 1 is 1.19 bits per heavy atom. The molecule has 2 rings (SSSR count). The quantitative estimate of drug-likeness (QED) is 0.808. The fourth-order valence-electron chi connectivity index (χ4n) is 3.21. The molecule has 0 radical (unpaired) electrons. The molecule has 2 unspecified atom stereocenters. The molecule has 1 aliphatic carbocycles. The Bertz CT molecular complexity index is 541. The molecule has 0 aromatic carbocycles. The molecular formula is C15H26N2O3S. The van der Waals surface area contributed by atoms with Crippen LogP contribution in [0.15, 0.2) is 11.6 Å². The van der Waals surface area contributed by atoms with Crippen LogP contribution in [0.2, 0.25) is 0 Å². The van der Waals surface area contributed by atoms with Gasteiger partial charge in [-0.25, -0.2) is 4.72 Å². The van der Waals surface area contributed by atoms with E-state index in [4.69, 9.17) is 0 Å². The molecule has 0 aromatic heterocycles. The molecule has 6 heteroatoms. The maximum atomic E-state index is 12.3. The Morgan fingerprint density at radius 2 is 1.76 bits per heavy atom. The number of amides is 1. The second-order valence-corrected chi connectivity index (χ2v) is 8.67. The number of allylic oxidation sites excluding steroid dienone is 2. The predicted octanol–water partition coefficient (Wildman–Crippen LogP) is 2.07. The van der Waals surface area contributed by atoms with E-state index in [0.717, 1.165) is 24.8 Å². The van der Waals surface area contributed by atoms with Gasteiger partial charge in [0.25, 0.3) is 0 Å². The summed E-state index contributed by atoms with van der Waals surface area (Å²) in [7, 11) is -3.68. The molecule has 1 N–H and O–H groups in total. The van der Waals surface area contributed by atoms with Gasteiger partial charge < -0.3 is 0 Å². The number of nitrogens with zero attached hydrogens (tertiary/aromatic N) is 1. The van der Waals surface area contributed by atoms with Crippen LogP contribution in [-0.2, 0) is 15.0 Å². The molecule has 2 fully saturated rings. The Morgan fingerprint density at radius 3 is 2.29 bits per heavy atom. The summed E-state index contributed by atoms with van der Waals surface area (Å²) < 4.78 is 28.2. The lowest BCUT2D eigenvalue weighted by Gasteiger charge is -2.25. The summed E-state index contributed by atoms with van der Waals surface area (Å²) in [6, 6.07) is 0. The maximum Gasteiger partial charge on any atom is 0.303 e. The Hall–Kier alpha value is -0.880. The average molecular weight is 314 g/mol. The van der Waals surface area contributed by atoms with Gasteiger partial charge in [-0.2, -0.15) is 12.7 Å². The molecular weight excluding hydrogens is 288 g/mol. The van der Waals surface area contributed by atoms with Crippen LogP contribution in [0.4, 0.5) is 0 Å². The van der Waals surface area contributed by atoms with E-state index in [1.165, 1.54) is 4.31 Å². The van der Waals surface area contributed by atoms with Gasteiger partial charge in [-0.3, -0.25) is 4.79 Å². The van der Waals surface area contributed by atoms with E-state index in [0.29, 0.717) is 13.1 Å². The van der Waals surface area contributed by atoms with Gasteiger partial charge in [-0.05, 0) is 38.0 Å². The fourth-order valence-corrected chi connectivity index (χ4v) is 4.46. The highest BCUT2D eigenvalue weighted by atomic mass is 32.2. The second kappa shape index (κ2) is 5.72. The number of nitrogens with one attached hydrogen (secondary N) is 1. The first-order valence-corrected chi connectivity index (χ1v) is 9.07. The lowest BCUT2D eigenvalue weighted by Crippen LogP contribution is -2.46. The van der Waals surface area contributed by atoms with Crippen LogP contribution in [0.5, 0.6) is 0 Å². The molecule has 1 heterocycles. The number of carbonyl (C=O) groups excluding carboxylic acids is 1. The smallest absolute Gasteiger partial charge is 0.274 e. The van der Waals surface area contributed by atoms with Crippen molar-refractivity contribution in [2.24, 2.45) is 17.3 Å². The molecule has 1 amide bonds. The summed E-state index contributed by atoms with van der Waals surface area (Å²) in [6.07, 6.45) is 4.85. The Labute approximate surface area is 128 Å². The van der Waals surface area contributed by atoms with Crippen molar-refractivity contribution in [1.82, 2.24) is 9.03 Å². The zero-order valence-electron chi connectivity index (χ0n) is 13.3. The molecule has 21 heavy (non-hydrogen) atoms. The molecule has 2 atom stereocenters. The van der Waals surface area contributed by atoms with E-state index >= 15 is 0 Å². The van der Waals surface area contributed by atoms with Gasteiger partial charge in [0.15, 0.2) is 0 Å². The van der Waals surface area contributed by atoms with Crippen LogP contribution < -0.4 is 4.72 Å². The highest BCUT2D eigenvalue weighted by Crippen LogP contribution is 2.59. The van der Waals surface area contributed by atoms with E-state index in [2.05, 4.69) is 10.8 Å². The fraction of sp³-hybridized carbons (Fsp3) is 0.800. The third-order valence-corrected chi connectivity index (χ3v) is 6.09. The van der Waals surface area contributed by atoms with Crippen LogP contribution in [0.1, 0.15) is 47.0 Å². The number of piperidine rings is 1. The Kier molecular flexibility index (Phi) is 4.49. The van der Waals surface area contributed by atoms with Gasteiger partial charge in [0.2, 0.25) is 5.91 Å². The van der Waals surface area contributed by atoms with Crippen LogP contribution in [-0.4, -0.2) is 31.7 Å². The Balaban J connectivity index is 2.03. The molecule has 120 valence electrons. The first-order chi connectivity index (χ1) is 9.66. The van der Waals surface area contributed by atoms with Crippen LogP contribution >= 0.6 is 0 Å². The largest absolute Gasteiger partial charge is 0.303 e. The lowest BCUT2D eigenvalue weighted by molar-refractivity contribution is -0.121. The van der Waals surface area contributed by atoms with Crippen molar-refractivity contribution >= 4 is 16.1 Å². The monoisotopic (exact) mass is 314 g/mol. The molecule has 1 saturated carbocycles.